The van der Waals surface area contributed by atoms with Crippen LogP contribution in [0.3, 0.4) is 0 Å². The number of ether oxygens (including phenoxy) is 1. The summed E-state index contributed by atoms with van der Waals surface area (Å²) in [7, 11) is 1.89. The van der Waals surface area contributed by atoms with E-state index in [1.54, 1.807) is 6.20 Å². The minimum Gasteiger partial charge on any atom is -0.461 e. The monoisotopic (exact) mass is 267 g/mol. The van der Waals surface area contributed by atoms with Crippen LogP contribution in [0.15, 0.2) is 6.20 Å². The Balaban J connectivity index is 2.45. The van der Waals surface area contributed by atoms with Gasteiger partial charge in [0.05, 0.1) is 12.3 Å². The van der Waals surface area contributed by atoms with Gasteiger partial charge in [0.25, 0.3) is 0 Å². The fraction of sp³-hybridized carbons (Fsp3) is 0.455. The topological polar surface area (TPSA) is 65.7 Å². The van der Waals surface area contributed by atoms with E-state index in [9.17, 15) is 0 Å². The second-order valence-electron chi connectivity index (χ2n) is 4.13. The highest BCUT2D eigenvalue weighted by Crippen LogP contribution is 2.19. The molecule has 0 unspecified atom stereocenters. The Labute approximate surface area is 110 Å². The van der Waals surface area contributed by atoms with Crippen LogP contribution in [0, 0.1) is 6.92 Å². The molecule has 0 aliphatic rings. The highest BCUT2D eigenvalue weighted by atomic mass is 35.5. The predicted octanol–water partition coefficient (Wildman–Crippen LogP) is 2.02. The molecule has 6 nitrogen and oxygen atoms in total. The molecule has 0 atom stereocenters. The van der Waals surface area contributed by atoms with Crippen molar-refractivity contribution in [3.05, 3.63) is 17.3 Å². The van der Waals surface area contributed by atoms with Crippen LogP contribution in [-0.4, -0.2) is 30.6 Å². The Kier molecular flexibility index (Phi) is 3.47. The number of rotatable bonds is 3. The van der Waals surface area contributed by atoms with Crippen molar-refractivity contribution in [2.75, 3.05) is 0 Å². The molecule has 0 aliphatic carbocycles. The summed E-state index contributed by atoms with van der Waals surface area (Å²) in [5, 5.41) is 0.106. The third kappa shape index (κ3) is 2.59. The maximum atomic E-state index is 5.87. The summed E-state index contributed by atoms with van der Waals surface area (Å²) < 4.78 is 7.31. The molecule has 18 heavy (non-hydrogen) atoms. The number of aryl methyl sites for hydroxylation is 1. The summed E-state index contributed by atoms with van der Waals surface area (Å²) in [5.74, 6) is 1.32. The van der Waals surface area contributed by atoms with Gasteiger partial charge in [-0.15, -0.1) is 0 Å². The first kappa shape index (κ1) is 12.8. The first-order valence-corrected chi connectivity index (χ1v) is 5.92. The van der Waals surface area contributed by atoms with Crippen molar-refractivity contribution >= 4 is 11.6 Å². The number of aromatic nitrogens is 5. The number of imidazole rings is 1. The zero-order chi connectivity index (χ0) is 13.3. The Bertz CT molecular complexity index is 567. The molecule has 2 rings (SSSR count). The zero-order valence-corrected chi connectivity index (χ0v) is 11.4. The largest absolute Gasteiger partial charge is 0.461 e. The molecular formula is C11H14ClN5O. The van der Waals surface area contributed by atoms with E-state index >= 15 is 0 Å². The number of hydrogen-bond acceptors (Lipinski definition) is 5. The molecule has 0 aliphatic heterocycles. The van der Waals surface area contributed by atoms with Crippen LogP contribution in [0.2, 0.25) is 5.28 Å². The number of nitrogens with zero attached hydrogens (tertiary/aromatic N) is 5. The average Bonchev–Trinajstić information content (AvgIpc) is 2.58. The van der Waals surface area contributed by atoms with Gasteiger partial charge in [-0.1, -0.05) is 0 Å². The van der Waals surface area contributed by atoms with Crippen molar-refractivity contribution < 1.29 is 4.74 Å². The lowest BCUT2D eigenvalue weighted by Crippen LogP contribution is -2.10. The highest BCUT2D eigenvalue weighted by molar-refractivity contribution is 6.28. The Hall–Kier alpha value is -1.69. The van der Waals surface area contributed by atoms with Gasteiger partial charge in [0.15, 0.2) is 5.82 Å². The van der Waals surface area contributed by atoms with Crippen LogP contribution in [0.5, 0.6) is 6.01 Å². The van der Waals surface area contributed by atoms with Crippen LogP contribution < -0.4 is 4.74 Å². The zero-order valence-electron chi connectivity index (χ0n) is 10.7. The summed E-state index contributed by atoms with van der Waals surface area (Å²) in [6, 6.07) is 0.221. The van der Waals surface area contributed by atoms with Gasteiger partial charge in [0, 0.05) is 7.05 Å². The molecule has 7 heteroatoms. The first-order valence-electron chi connectivity index (χ1n) is 5.54. The van der Waals surface area contributed by atoms with Crippen molar-refractivity contribution in [2.45, 2.75) is 26.9 Å². The van der Waals surface area contributed by atoms with Gasteiger partial charge in [0.1, 0.15) is 11.5 Å². The van der Waals surface area contributed by atoms with E-state index in [0.717, 1.165) is 11.5 Å². The Morgan fingerprint density at radius 2 is 2.00 bits per heavy atom. The van der Waals surface area contributed by atoms with E-state index in [2.05, 4.69) is 19.9 Å². The van der Waals surface area contributed by atoms with Crippen LogP contribution in [0.4, 0.5) is 0 Å². The lowest BCUT2D eigenvalue weighted by Gasteiger charge is -2.09. The molecule has 96 valence electrons. The van der Waals surface area contributed by atoms with E-state index in [-0.39, 0.29) is 17.4 Å². The molecule has 0 fully saturated rings. The normalized spacial score (nSPS) is 11.0. The molecule has 0 amide bonds. The van der Waals surface area contributed by atoms with E-state index in [4.69, 9.17) is 16.3 Å². The van der Waals surface area contributed by atoms with Crippen molar-refractivity contribution in [3.63, 3.8) is 0 Å². The minimum atomic E-state index is -0.0235. The van der Waals surface area contributed by atoms with Gasteiger partial charge in [0.2, 0.25) is 5.28 Å². The third-order valence-corrected chi connectivity index (χ3v) is 2.55. The summed E-state index contributed by atoms with van der Waals surface area (Å²) in [4.78, 5) is 16.4. The Morgan fingerprint density at radius 3 is 2.56 bits per heavy atom. The molecule has 0 spiro atoms. The number of halogens is 1. The second-order valence-corrected chi connectivity index (χ2v) is 4.46. The second kappa shape index (κ2) is 4.89. The lowest BCUT2D eigenvalue weighted by molar-refractivity contribution is 0.221. The van der Waals surface area contributed by atoms with Crippen LogP contribution in [-0.2, 0) is 7.05 Å². The molecule has 0 aromatic carbocycles. The standard InChI is InChI=1S/C11H14ClN5O/c1-6(2)18-11-15-9(14-10(12)16-11)8-5-13-7(3)17(8)4/h5-6H,1-4H3. The molecule has 0 saturated carbocycles. The summed E-state index contributed by atoms with van der Waals surface area (Å²) in [5.41, 5.74) is 0.769. The molecule has 2 aromatic rings. The van der Waals surface area contributed by atoms with Crippen molar-refractivity contribution in [1.29, 1.82) is 0 Å². The molecule has 0 radical (unpaired) electrons. The minimum absolute atomic E-state index is 0.0235. The van der Waals surface area contributed by atoms with Gasteiger partial charge in [-0.05, 0) is 32.4 Å². The summed E-state index contributed by atoms with van der Waals surface area (Å²) in [6.07, 6.45) is 1.67. The molecule has 0 bridgehead atoms. The average molecular weight is 268 g/mol. The van der Waals surface area contributed by atoms with Crippen LogP contribution in [0.1, 0.15) is 19.7 Å². The van der Waals surface area contributed by atoms with E-state index in [1.165, 1.54) is 0 Å². The van der Waals surface area contributed by atoms with Gasteiger partial charge >= 0.3 is 6.01 Å². The van der Waals surface area contributed by atoms with Gasteiger partial charge in [-0.2, -0.15) is 15.0 Å². The van der Waals surface area contributed by atoms with E-state index in [0.29, 0.717) is 5.82 Å². The quantitative estimate of drug-likeness (QED) is 0.851. The molecule has 0 N–H and O–H groups in total. The van der Waals surface area contributed by atoms with Crippen molar-refractivity contribution in [3.8, 4) is 17.5 Å². The fourth-order valence-corrected chi connectivity index (χ4v) is 1.57. The van der Waals surface area contributed by atoms with E-state index in [1.807, 2.05) is 32.4 Å². The van der Waals surface area contributed by atoms with Gasteiger partial charge in [-0.25, -0.2) is 4.98 Å². The summed E-state index contributed by atoms with van der Waals surface area (Å²) >= 11 is 5.87. The number of hydrogen-bond donors (Lipinski definition) is 0. The SMILES string of the molecule is Cc1ncc(-c2nc(Cl)nc(OC(C)C)n2)n1C. The lowest BCUT2D eigenvalue weighted by atomic mass is 10.4. The molecule has 0 saturated heterocycles. The summed E-state index contributed by atoms with van der Waals surface area (Å²) in [6.45, 7) is 5.69. The van der Waals surface area contributed by atoms with E-state index < -0.39 is 0 Å². The Morgan fingerprint density at radius 1 is 1.28 bits per heavy atom. The molecular weight excluding hydrogens is 254 g/mol. The molecule has 2 aromatic heterocycles. The maximum Gasteiger partial charge on any atom is 0.321 e. The van der Waals surface area contributed by atoms with Gasteiger partial charge in [-0.3, -0.25) is 0 Å². The molecule has 2 heterocycles. The van der Waals surface area contributed by atoms with Crippen molar-refractivity contribution in [2.24, 2.45) is 7.05 Å². The third-order valence-electron chi connectivity index (χ3n) is 2.38. The highest BCUT2D eigenvalue weighted by Gasteiger charge is 2.13. The van der Waals surface area contributed by atoms with Gasteiger partial charge < -0.3 is 9.30 Å². The van der Waals surface area contributed by atoms with Crippen LogP contribution in [0.25, 0.3) is 11.5 Å². The fourth-order valence-electron chi connectivity index (χ4n) is 1.42. The smallest absolute Gasteiger partial charge is 0.321 e. The first-order chi connectivity index (χ1) is 8.47. The van der Waals surface area contributed by atoms with Crippen molar-refractivity contribution in [1.82, 2.24) is 24.5 Å². The predicted molar refractivity (Wildman–Crippen MR) is 67.5 cm³/mol. The van der Waals surface area contributed by atoms with Crippen LogP contribution >= 0.6 is 11.6 Å². The maximum absolute atomic E-state index is 5.87.